The van der Waals surface area contributed by atoms with Crippen LogP contribution in [0.5, 0.6) is 0 Å². The molecule has 0 bridgehead atoms. The van der Waals surface area contributed by atoms with Gasteiger partial charge in [0.1, 0.15) is 0 Å². The van der Waals surface area contributed by atoms with Crippen LogP contribution in [0.25, 0.3) is 0 Å². The Labute approximate surface area is 157 Å². The first-order chi connectivity index (χ1) is 12.3. The Kier molecular flexibility index (Phi) is 14.8. The van der Waals surface area contributed by atoms with E-state index in [0.717, 1.165) is 19.5 Å². The van der Waals surface area contributed by atoms with Gasteiger partial charge in [-0.05, 0) is 31.8 Å². The van der Waals surface area contributed by atoms with Crippen LogP contribution in [-0.4, -0.2) is 23.9 Å². The molecule has 1 rings (SSSR count). The third-order valence-electron chi connectivity index (χ3n) is 5.40. The molecular weight excluding hydrogens is 306 g/mol. The summed E-state index contributed by atoms with van der Waals surface area (Å²) in [6, 6.07) is 0. The van der Waals surface area contributed by atoms with Crippen LogP contribution in [0.2, 0.25) is 0 Å². The molecule has 0 spiro atoms. The fourth-order valence-electron chi connectivity index (χ4n) is 3.68. The SMILES string of the molecule is CCCCCCCCCCCCCCC=CC(=O)N1CCCCCC1. The normalized spacial score (nSPS) is 15.6. The molecule has 0 aromatic rings. The topological polar surface area (TPSA) is 20.3 Å². The molecule has 0 N–H and O–H groups in total. The summed E-state index contributed by atoms with van der Waals surface area (Å²) in [6.07, 6.45) is 26.6. The lowest BCUT2D eigenvalue weighted by molar-refractivity contribution is -0.126. The van der Waals surface area contributed by atoms with Crippen LogP contribution >= 0.6 is 0 Å². The van der Waals surface area contributed by atoms with Crippen molar-refractivity contribution in [1.29, 1.82) is 0 Å². The highest BCUT2D eigenvalue weighted by Crippen LogP contribution is 2.13. The predicted octanol–water partition coefficient (Wildman–Crippen LogP) is 7.04. The Morgan fingerprint density at radius 1 is 0.720 bits per heavy atom. The van der Waals surface area contributed by atoms with Crippen molar-refractivity contribution >= 4 is 5.91 Å². The van der Waals surface area contributed by atoms with E-state index in [1.54, 1.807) is 0 Å². The second-order valence-corrected chi connectivity index (χ2v) is 7.82. The molecule has 2 heteroatoms. The van der Waals surface area contributed by atoms with Gasteiger partial charge >= 0.3 is 0 Å². The molecule has 0 aliphatic carbocycles. The molecule has 1 fully saturated rings. The van der Waals surface area contributed by atoms with E-state index in [0.29, 0.717) is 0 Å². The summed E-state index contributed by atoms with van der Waals surface area (Å²) in [5.41, 5.74) is 0. The van der Waals surface area contributed by atoms with E-state index in [1.165, 1.54) is 103 Å². The quantitative estimate of drug-likeness (QED) is 0.243. The lowest BCUT2D eigenvalue weighted by Crippen LogP contribution is -2.30. The van der Waals surface area contributed by atoms with E-state index >= 15 is 0 Å². The molecule has 0 saturated carbocycles. The summed E-state index contributed by atoms with van der Waals surface area (Å²) in [5, 5.41) is 0. The van der Waals surface area contributed by atoms with Gasteiger partial charge < -0.3 is 4.90 Å². The lowest BCUT2D eigenvalue weighted by atomic mass is 10.0. The minimum atomic E-state index is 0.237. The number of carbonyl (C=O) groups is 1. The Morgan fingerprint density at radius 2 is 1.20 bits per heavy atom. The van der Waals surface area contributed by atoms with Crippen molar-refractivity contribution in [2.24, 2.45) is 0 Å². The minimum Gasteiger partial charge on any atom is -0.339 e. The average molecular weight is 350 g/mol. The summed E-state index contributed by atoms with van der Waals surface area (Å²) in [6.45, 7) is 4.20. The van der Waals surface area contributed by atoms with Gasteiger partial charge in [0.15, 0.2) is 0 Å². The number of amides is 1. The number of hydrogen-bond donors (Lipinski definition) is 0. The summed E-state index contributed by atoms with van der Waals surface area (Å²) in [5.74, 6) is 0.237. The van der Waals surface area contributed by atoms with Gasteiger partial charge in [0.25, 0.3) is 0 Å². The number of likely N-dealkylation sites (tertiary alicyclic amines) is 1. The molecule has 0 atom stereocenters. The number of allylic oxidation sites excluding steroid dienone is 1. The van der Waals surface area contributed by atoms with E-state index in [2.05, 4.69) is 13.0 Å². The average Bonchev–Trinajstić information content (AvgIpc) is 2.91. The number of unbranched alkanes of at least 4 members (excludes halogenated alkanes) is 12. The van der Waals surface area contributed by atoms with Crippen molar-refractivity contribution in [3.63, 3.8) is 0 Å². The molecule has 146 valence electrons. The van der Waals surface area contributed by atoms with Crippen LogP contribution in [0, 0.1) is 0 Å². The Balaban J connectivity index is 1.85. The van der Waals surface area contributed by atoms with Crippen molar-refractivity contribution < 1.29 is 4.79 Å². The van der Waals surface area contributed by atoms with Gasteiger partial charge in [-0.1, -0.05) is 96.5 Å². The zero-order valence-electron chi connectivity index (χ0n) is 16.9. The van der Waals surface area contributed by atoms with Crippen LogP contribution in [-0.2, 0) is 4.79 Å². The molecule has 1 amide bonds. The monoisotopic (exact) mass is 349 g/mol. The van der Waals surface area contributed by atoms with Gasteiger partial charge in [0.2, 0.25) is 5.91 Å². The third kappa shape index (κ3) is 13.1. The van der Waals surface area contributed by atoms with E-state index < -0.39 is 0 Å². The standard InChI is InChI=1S/C23H43NO/c1-2-3-4-5-6-7-8-9-10-11-12-13-14-17-20-23(25)24-21-18-15-16-19-22-24/h17,20H,2-16,18-19,21-22H2,1H3. The second-order valence-electron chi connectivity index (χ2n) is 7.82. The smallest absolute Gasteiger partial charge is 0.246 e. The predicted molar refractivity (Wildman–Crippen MR) is 110 cm³/mol. The van der Waals surface area contributed by atoms with Gasteiger partial charge in [-0.2, -0.15) is 0 Å². The third-order valence-corrected chi connectivity index (χ3v) is 5.40. The minimum absolute atomic E-state index is 0.237. The maximum atomic E-state index is 12.1. The number of rotatable bonds is 14. The van der Waals surface area contributed by atoms with Crippen molar-refractivity contribution in [3.8, 4) is 0 Å². The fraction of sp³-hybridized carbons (Fsp3) is 0.870. The maximum Gasteiger partial charge on any atom is 0.246 e. The van der Waals surface area contributed by atoms with Gasteiger partial charge in [0.05, 0.1) is 0 Å². The van der Waals surface area contributed by atoms with Crippen molar-refractivity contribution in [2.75, 3.05) is 13.1 Å². The molecule has 1 aliphatic heterocycles. The van der Waals surface area contributed by atoms with E-state index in [4.69, 9.17) is 0 Å². The molecule has 0 radical (unpaired) electrons. The van der Waals surface area contributed by atoms with Gasteiger partial charge in [-0.25, -0.2) is 0 Å². The first-order valence-corrected chi connectivity index (χ1v) is 11.3. The first-order valence-electron chi connectivity index (χ1n) is 11.3. The second kappa shape index (κ2) is 16.7. The fourth-order valence-corrected chi connectivity index (χ4v) is 3.68. The van der Waals surface area contributed by atoms with Crippen molar-refractivity contribution in [3.05, 3.63) is 12.2 Å². The van der Waals surface area contributed by atoms with Crippen LogP contribution < -0.4 is 0 Å². The highest BCUT2D eigenvalue weighted by Gasteiger charge is 2.12. The summed E-state index contributed by atoms with van der Waals surface area (Å²) in [4.78, 5) is 14.1. The van der Waals surface area contributed by atoms with E-state index in [1.807, 2.05) is 11.0 Å². The summed E-state index contributed by atoms with van der Waals surface area (Å²) < 4.78 is 0. The molecule has 1 heterocycles. The van der Waals surface area contributed by atoms with Crippen LogP contribution in [0.4, 0.5) is 0 Å². The van der Waals surface area contributed by atoms with Crippen LogP contribution in [0.1, 0.15) is 116 Å². The molecule has 25 heavy (non-hydrogen) atoms. The largest absolute Gasteiger partial charge is 0.339 e. The molecule has 0 aromatic carbocycles. The number of carbonyl (C=O) groups excluding carboxylic acids is 1. The zero-order valence-corrected chi connectivity index (χ0v) is 16.9. The Morgan fingerprint density at radius 3 is 1.72 bits per heavy atom. The van der Waals surface area contributed by atoms with Crippen LogP contribution in [0.3, 0.4) is 0 Å². The summed E-state index contributed by atoms with van der Waals surface area (Å²) >= 11 is 0. The highest BCUT2D eigenvalue weighted by molar-refractivity contribution is 5.87. The molecule has 0 unspecified atom stereocenters. The van der Waals surface area contributed by atoms with Gasteiger partial charge in [-0.15, -0.1) is 0 Å². The molecule has 0 aromatic heterocycles. The maximum absolute atomic E-state index is 12.1. The van der Waals surface area contributed by atoms with Gasteiger partial charge in [0, 0.05) is 13.1 Å². The molecule has 1 saturated heterocycles. The highest BCUT2D eigenvalue weighted by atomic mass is 16.2. The van der Waals surface area contributed by atoms with E-state index in [-0.39, 0.29) is 5.91 Å². The molecule has 2 nitrogen and oxygen atoms in total. The number of nitrogens with zero attached hydrogens (tertiary/aromatic N) is 1. The lowest BCUT2D eigenvalue weighted by Gasteiger charge is -2.17. The van der Waals surface area contributed by atoms with E-state index in [9.17, 15) is 4.79 Å². The zero-order chi connectivity index (χ0) is 18.0. The van der Waals surface area contributed by atoms with Crippen molar-refractivity contribution in [2.45, 2.75) is 116 Å². The Bertz CT molecular complexity index is 329. The first kappa shape index (κ1) is 22.3. The van der Waals surface area contributed by atoms with Gasteiger partial charge in [-0.3, -0.25) is 4.79 Å². The summed E-state index contributed by atoms with van der Waals surface area (Å²) in [7, 11) is 0. The Hall–Kier alpha value is -0.790. The van der Waals surface area contributed by atoms with Crippen LogP contribution in [0.15, 0.2) is 12.2 Å². The number of hydrogen-bond acceptors (Lipinski definition) is 1. The van der Waals surface area contributed by atoms with Crippen molar-refractivity contribution in [1.82, 2.24) is 4.90 Å². The molecule has 1 aliphatic rings. The molecular formula is C23H43NO.